The quantitative estimate of drug-likeness (QED) is 0.767. The standard InChI is InChI=1S/C16H21BrN2S/c1-10(2)12-5-3-4-6-13(12)18-16-19-14-9-11(17)7-8-15(14)20-16/h7-10,12-13H,3-6H2,1-2H3,(H,18,19). The summed E-state index contributed by atoms with van der Waals surface area (Å²) in [7, 11) is 0. The molecular formula is C16H21BrN2S. The monoisotopic (exact) mass is 352 g/mol. The van der Waals surface area contributed by atoms with Gasteiger partial charge in [-0.1, -0.05) is 54.0 Å². The number of thiazole rings is 1. The van der Waals surface area contributed by atoms with Crippen LogP contribution in [0.3, 0.4) is 0 Å². The SMILES string of the molecule is CC(C)C1CCCCC1Nc1nc2cc(Br)ccc2s1. The number of fused-ring (bicyclic) bond motifs is 1. The minimum absolute atomic E-state index is 0.591. The molecule has 1 aromatic heterocycles. The van der Waals surface area contributed by atoms with Crippen LogP contribution in [-0.2, 0) is 0 Å². The van der Waals surface area contributed by atoms with Gasteiger partial charge >= 0.3 is 0 Å². The Bertz CT molecular complexity index is 593. The molecule has 0 spiro atoms. The maximum absolute atomic E-state index is 4.74. The molecule has 1 aliphatic rings. The van der Waals surface area contributed by atoms with Crippen LogP contribution >= 0.6 is 27.3 Å². The third kappa shape index (κ3) is 3.01. The predicted molar refractivity (Wildman–Crippen MR) is 91.5 cm³/mol. The van der Waals surface area contributed by atoms with E-state index in [0.29, 0.717) is 6.04 Å². The van der Waals surface area contributed by atoms with Crippen molar-refractivity contribution < 1.29 is 0 Å². The van der Waals surface area contributed by atoms with E-state index < -0.39 is 0 Å². The fourth-order valence-electron chi connectivity index (χ4n) is 3.26. The van der Waals surface area contributed by atoms with Crippen LogP contribution in [0.5, 0.6) is 0 Å². The average Bonchev–Trinajstić information content (AvgIpc) is 2.80. The third-order valence-electron chi connectivity index (χ3n) is 4.33. The molecule has 1 aromatic carbocycles. The third-order valence-corrected chi connectivity index (χ3v) is 5.80. The van der Waals surface area contributed by atoms with Crippen molar-refractivity contribution in [2.75, 3.05) is 5.32 Å². The zero-order valence-electron chi connectivity index (χ0n) is 12.0. The molecule has 20 heavy (non-hydrogen) atoms. The van der Waals surface area contributed by atoms with Crippen molar-refractivity contribution in [1.29, 1.82) is 0 Å². The van der Waals surface area contributed by atoms with Gasteiger partial charge in [-0.05, 0) is 42.9 Å². The molecule has 2 nitrogen and oxygen atoms in total. The molecule has 0 aliphatic heterocycles. The number of nitrogens with zero attached hydrogens (tertiary/aromatic N) is 1. The first-order valence-corrected chi connectivity index (χ1v) is 9.07. The summed E-state index contributed by atoms with van der Waals surface area (Å²) in [5.74, 6) is 1.53. The Labute approximate surface area is 133 Å². The summed E-state index contributed by atoms with van der Waals surface area (Å²) >= 11 is 5.28. The zero-order chi connectivity index (χ0) is 14.1. The summed E-state index contributed by atoms with van der Waals surface area (Å²) in [6.07, 6.45) is 5.36. The van der Waals surface area contributed by atoms with Gasteiger partial charge in [0, 0.05) is 10.5 Å². The highest BCUT2D eigenvalue weighted by Gasteiger charge is 2.28. The molecule has 0 radical (unpaired) electrons. The number of benzene rings is 1. The molecule has 3 rings (SSSR count). The lowest BCUT2D eigenvalue weighted by Crippen LogP contribution is -2.35. The second kappa shape index (κ2) is 6.02. The average molecular weight is 353 g/mol. The Kier molecular flexibility index (Phi) is 4.32. The summed E-state index contributed by atoms with van der Waals surface area (Å²) in [5, 5.41) is 4.79. The highest BCUT2D eigenvalue weighted by Crippen LogP contribution is 2.34. The van der Waals surface area contributed by atoms with Crippen molar-refractivity contribution in [3.8, 4) is 0 Å². The summed E-state index contributed by atoms with van der Waals surface area (Å²) < 4.78 is 2.35. The first kappa shape index (κ1) is 14.3. The number of anilines is 1. The lowest BCUT2D eigenvalue weighted by molar-refractivity contribution is 0.254. The lowest BCUT2D eigenvalue weighted by Gasteiger charge is -2.34. The maximum Gasteiger partial charge on any atom is 0.184 e. The fraction of sp³-hybridized carbons (Fsp3) is 0.562. The van der Waals surface area contributed by atoms with E-state index in [1.54, 1.807) is 11.3 Å². The van der Waals surface area contributed by atoms with Crippen LogP contribution in [0.2, 0.25) is 0 Å². The van der Waals surface area contributed by atoms with Crippen LogP contribution < -0.4 is 5.32 Å². The first-order chi connectivity index (χ1) is 9.63. The Morgan fingerprint density at radius 3 is 2.90 bits per heavy atom. The van der Waals surface area contributed by atoms with Crippen molar-refractivity contribution in [3.63, 3.8) is 0 Å². The van der Waals surface area contributed by atoms with E-state index in [0.717, 1.165) is 27.0 Å². The van der Waals surface area contributed by atoms with E-state index in [1.807, 2.05) is 0 Å². The molecule has 1 N–H and O–H groups in total. The number of aromatic nitrogens is 1. The van der Waals surface area contributed by atoms with Gasteiger partial charge in [-0.3, -0.25) is 0 Å². The van der Waals surface area contributed by atoms with Gasteiger partial charge in [0.25, 0.3) is 0 Å². The van der Waals surface area contributed by atoms with Gasteiger partial charge in [0.2, 0.25) is 0 Å². The number of nitrogens with one attached hydrogen (secondary N) is 1. The predicted octanol–water partition coefficient (Wildman–Crippen LogP) is 5.69. The van der Waals surface area contributed by atoms with Crippen molar-refractivity contribution in [3.05, 3.63) is 22.7 Å². The van der Waals surface area contributed by atoms with Crippen molar-refractivity contribution in [1.82, 2.24) is 4.98 Å². The molecule has 2 aromatic rings. The second-order valence-electron chi connectivity index (χ2n) is 6.07. The van der Waals surface area contributed by atoms with E-state index in [9.17, 15) is 0 Å². The molecule has 1 saturated carbocycles. The van der Waals surface area contributed by atoms with Crippen LogP contribution in [0.25, 0.3) is 10.2 Å². The molecular weight excluding hydrogens is 332 g/mol. The largest absolute Gasteiger partial charge is 0.358 e. The molecule has 0 saturated heterocycles. The van der Waals surface area contributed by atoms with Gasteiger partial charge in [0.15, 0.2) is 5.13 Å². The molecule has 108 valence electrons. The molecule has 0 amide bonds. The maximum atomic E-state index is 4.74. The molecule has 1 aliphatic carbocycles. The normalized spacial score (nSPS) is 23.4. The summed E-state index contributed by atoms with van der Waals surface area (Å²) in [6, 6.07) is 6.91. The Morgan fingerprint density at radius 1 is 1.30 bits per heavy atom. The fourth-order valence-corrected chi connectivity index (χ4v) is 4.51. The van der Waals surface area contributed by atoms with Crippen LogP contribution in [0.4, 0.5) is 5.13 Å². The van der Waals surface area contributed by atoms with Crippen molar-refractivity contribution >= 4 is 42.6 Å². The van der Waals surface area contributed by atoms with Gasteiger partial charge in [-0.2, -0.15) is 0 Å². The van der Waals surface area contributed by atoms with Crippen molar-refractivity contribution in [2.45, 2.75) is 45.6 Å². The van der Waals surface area contributed by atoms with Crippen molar-refractivity contribution in [2.24, 2.45) is 11.8 Å². The molecule has 2 atom stereocenters. The number of rotatable bonds is 3. The number of hydrogen-bond acceptors (Lipinski definition) is 3. The highest BCUT2D eigenvalue weighted by atomic mass is 79.9. The zero-order valence-corrected chi connectivity index (χ0v) is 14.4. The van der Waals surface area contributed by atoms with Crippen LogP contribution in [-0.4, -0.2) is 11.0 Å². The Morgan fingerprint density at radius 2 is 2.10 bits per heavy atom. The topological polar surface area (TPSA) is 24.9 Å². The first-order valence-electron chi connectivity index (χ1n) is 7.46. The van der Waals surface area contributed by atoms with Gasteiger partial charge < -0.3 is 5.32 Å². The minimum atomic E-state index is 0.591. The summed E-state index contributed by atoms with van der Waals surface area (Å²) in [5.41, 5.74) is 1.09. The molecule has 1 fully saturated rings. The van der Waals surface area contributed by atoms with E-state index in [-0.39, 0.29) is 0 Å². The second-order valence-corrected chi connectivity index (χ2v) is 8.02. The van der Waals surface area contributed by atoms with E-state index in [4.69, 9.17) is 4.98 Å². The van der Waals surface area contributed by atoms with Gasteiger partial charge in [0.1, 0.15) is 0 Å². The Hall–Kier alpha value is -0.610. The van der Waals surface area contributed by atoms with Gasteiger partial charge in [-0.25, -0.2) is 4.98 Å². The molecule has 0 bridgehead atoms. The smallest absolute Gasteiger partial charge is 0.184 e. The van der Waals surface area contributed by atoms with Gasteiger partial charge in [0.05, 0.1) is 10.2 Å². The molecule has 4 heteroatoms. The Balaban J connectivity index is 1.80. The summed E-state index contributed by atoms with van der Waals surface area (Å²) in [6.45, 7) is 4.69. The van der Waals surface area contributed by atoms with Crippen LogP contribution in [0, 0.1) is 11.8 Å². The molecule has 2 unspecified atom stereocenters. The number of halogens is 1. The van der Waals surface area contributed by atoms with Crippen LogP contribution in [0.1, 0.15) is 39.5 Å². The molecule has 1 heterocycles. The lowest BCUT2D eigenvalue weighted by atomic mass is 9.78. The minimum Gasteiger partial charge on any atom is -0.358 e. The highest BCUT2D eigenvalue weighted by molar-refractivity contribution is 9.10. The number of hydrogen-bond donors (Lipinski definition) is 1. The van der Waals surface area contributed by atoms with E-state index >= 15 is 0 Å². The van der Waals surface area contributed by atoms with E-state index in [2.05, 4.69) is 53.3 Å². The van der Waals surface area contributed by atoms with Gasteiger partial charge in [-0.15, -0.1) is 0 Å². The summed E-state index contributed by atoms with van der Waals surface area (Å²) in [4.78, 5) is 4.74. The van der Waals surface area contributed by atoms with Crippen LogP contribution in [0.15, 0.2) is 22.7 Å². The van der Waals surface area contributed by atoms with E-state index in [1.165, 1.54) is 30.4 Å².